The maximum absolute atomic E-state index is 11.1. The number of aromatic carboxylic acids is 1. The number of methoxy groups -OCH3 is 1. The van der Waals surface area contributed by atoms with Crippen LogP contribution in [-0.4, -0.2) is 23.2 Å². The largest absolute Gasteiger partial charge is 0.497 e. The van der Waals surface area contributed by atoms with Gasteiger partial charge in [0.25, 0.3) is 0 Å². The molecule has 0 bridgehead atoms. The zero-order chi connectivity index (χ0) is 13.8. The Balaban J connectivity index is 2.25. The highest BCUT2D eigenvalue weighted by Crippen LogP contribution is 2.23. The Morgan fingerprint density at radius 3 is 2.84 bits per heavy atom. The van der Waals surface area contributed by atoms with Gasteiger partial charge in [-0.1, -0.05) is 19.1 Å². The second-order valence-electron chi connectivity index (χ2n) is 4.07. The van der Waals surface area contributed by atoms with E-state index in [4.69, 9.17) is 9.84 Å². The number of rotatable bonds is 5. The molecule has 0 amide bonds. The molecule has 0 saturated heterocycles. The summed E-state index contributed by atoms with van der Waals surface area (Å²) in [6, 6.07) is 7.72. The highest BCUT2D eigenvalue weighted by Gasteiger charge is 2.16. The molecule has 0 atom stereocenters. The molecule has 2 rings (SSSR count). The Kier molecular flexibility index (Phi) is 4.16. The number of benzene rings is 1. The lowest BCUT2D eigenvalue weighted by Crippen LogP contribution is -1.97. The first-order chi connectivity index (χ1) is 9.13. The van der Waals surface area contributed by atoms with E-state index in [1.807, 2.05) is 31.2 Å². The van der Waals surface area contributed by atoms with Crippen LogP contribution in [0.5, 0.6) is 5.75 Å². The predicted molar refractivity (Wildman–Crippen MR) is 74.3 cm³/mol. The Labute approximate surface area is 115 Å². The summed E-state index contributed by atoms with van der Waals surface area (Å²) in [5.41, 5.74) is 1.73. The molecule has 0 aliphatic carbocycles. The molecule has 0 saturated carbocycles. The van der Waals surface area contributed by atoms with Gasteiger partial charge < -0.3 is 9.84 Å². The zero-order valence-corrected chi connectivity index (χ0v) is 11.7. The molecule has 1 N–H and O–H groups in total. The van der Waals surface area contributed by atoms with Gasteiger partial charge in [0.2, 0.25) is 0 Å². The molecule has 0 fully saturated rings. The number of hydrogen-bond donors (Lipinski definition) is 1. The van der Waals surface area contributed by atoms with Crippen molar-refractivity contribution in [1.29, 1.82) is 0 Å². The van der Waals surface area contributed by atoms with Crippen LogP contribution in [0.15, 0.2) is 24.3 Å². The number of carboxylic acid groups (broad SMARTS) is 1. The minimum Gasteiger partial charge on any atom is -0.497 e. The first-order valence-electron chi connectivity index (χ1n) is 5.98. The fourth-order valence-corrected chi connectivity index (χ4v) is 2.87. The average Bonchev–Trinajstić information content (AvgIpc) is 2.82. The summed E-state index contributed by atoms with van der Waals surface area (Å²) in [7, 11) is 1.63. The smallest absolute Gasteiger partial charge is 0.347 e. The van der Waals surface area contributed by atoms with Crippen molar-refractivity contribution in [2.45, 2.75) is 19.8 Å². The minimum atomic E-state index is -0.897. The van der Waals surface area contributed by atoms with E-state index in [2.05, 4.69) is 4.98 Å². The van der Waals surface area contributed by atoms with Gasteiger partial charge in [0.1, 0.15) is 10.6 Å². The molecule has 0 radical (unpaired) electrons. The molecule has 100 valence electrons. The molecule has 19 heavy (non-hydrogen) atoms. The molecule has 0 aliphatic rings. The summed E-state index contributed by atoms with van der Waals surface area (Å²) in [5, 5.41) is 9.93. The molecule has 1 aromatic carbocycles. The molecule has 0 spiro atoms. The van der Waals surface area contributed by atoms with Crippen molar-refractivity contribution in [1.82, 2.24) is 4.98 Å². The van der Waals surface area contributed by atoms with E-state index in [1.165, 1.54) is 11.3 Å². The molecule has 1 heterocycles. The van der Waals surface area contributed by atoms with Crippen LogP contribution in [0.1, 0.15) is 32.9 Å². The van der Waals surface area contributed by atoms with Gasteiger partial charge in [0.05, 0.1) is 17.8 Å². The Bertz CT molecular complexity index is 592. The van der Waals surface area contributed by atoms with Crippen molar-refractivity contribution in [3.05, 3.63) is 45.4 Å². The van der Waals surface area contributed by atoms with Gasteiger partial charge in [0.15, 0.2) is 0 Å². The molecular weight excluding hydrogens is 262 g/mol. The van der Waals surface area contributed by atoms with Gasteiger partial charge in [-0.3, -0.25) is 0 Å². The van der Waals surface area contributed by atoms with Crippen molar-refractivity contribution in [2.75, 3.05) is 7.11 Å². The number of hydrogen-bond acceptors (Lipinski definition) is 4. The summed E-state index contributed by atoms with van der Waals surface area (Å²) in [6.07, 6.45) is 1.26. The maximum Gasteiger partial charge on any atom is 0.347 e. The molecule has 2 aromatic rings. The first kappa shape index (κ1) is 13.5. The van der Waals surface area contributed by atoms with Crippen molar-refractivity contribution in [3.63, 3.8) is 0 Å². The van der Waals surface area contributed by atoms with Crippen LogP contribution in [0, 0.1) is 0 Å². The van der Waals surface area contributed by atoms with E-state index in [0.717, 1.165) is 16.3 Å². The molecule has 5 heteroatoms. The SMILES string of the molecule is CCc1nc(Cc2cccc(OC)c2)sc1C(=O)O. The van der Waals surface area contributed by atoms with Crippen molar-refractivity contribution in [2.24, 2.45) is 0 Å². The normalized spacial score (nSPS) is 10.4. The summed E-state index contributed by atoms with van der Waals surface area (Å²) in [6.45, 7) is 1.91. The van der Waals surface area contributed by atoms with Crippen LogP contribution >= 0.6 is 11.3 Å². The summed E-state index contributed by atoms with van der Waals surface area (Å²) >= 11 is 1.25. The minimum absolute atomic E-state index is 0.348. The van der Waals surface area contributed by atoms with Crippen LogP contribution < -0.4 is 4.74 Å². The second kappa shape index (κ2) is 5.84. The van der Waals surface area contributed by atoms with Gasteiger partial charge in [0, 0.05) is 6.42 Å². The van der Waals surface area contributed by atoms with Crippen LogP contribution in [0.3, 0.4) is 0 Å². The van der Waals surface area contributed by atoms with E-state index >= 15 is 0 Å². The van der Waals surface area contributed by atoms with Crippen LogP contribution in [0.25, 0.3) is 0 Å². The summed E-state index contributed by atoms with van der Waals surface area (Å²) in [5.74, 6) is -0.102. The third kappa shape index (κ3) is 3.12. The Morgan fingerprint density at radius 1 is 1.47 bits per heavy atom. The van der Waals surface area contributed by atoms with E-state index in [1.54, 1.807) is 7.11 Å². The number of thiazole rings is 1. The third-order valence-corrected chi connectivity index (χ3v) is 3.85. The number of carbonyl (C=O) groups is 1. The summed E-state index contributed by atoms with van der Waals surface area (Å²) in [4.78, 5) is 15.8. The highest BCUT2D eigenvalue weighted by molar-refractivity contribution is 7.13. The Hall–Kier alpha value is -1.88. The lowest BCUT2D eigenvalue weighted by molar-refractivity contribution is 0.0701. The predicted octanol–water partition coefficient (Wildman–Crippen LogP) is 3.00. The van der Waals surface area contributed by atoms with Crippen molar-refractivity contribution >= 4 is 17.3 Å². The van der Waals surface area contributed by atoms with Crippen molar-refractivity contribution < 1.29 is 14.6 Å². The molecule has 1 aromatic heterocycles. The number of carboxylic acids is 1. The van der Waals surface area contributed by atoms with Crippen LogP contribution in [0.2, 0.25) is 0 Å². The summed E-state index contributed by atoms with van der Waals surface area (Å²) < 4.78 is 5.17. The van der Waals surface area contributed by atoms with Crippen LogP contribution in [-0.2, 0) is 12.8 Å². The second-order valence-corrected chi connectivity index (χ2v) is 5.15. The van der Waals surface area contributed by atoms with Gasteiger partial charge in [-0.05, 0) is 24.1 Å². The van der Waals surface area contributed by atoms with Gasteiger partial charge in [-0.2, -0.15) is 0 Å². The first-order valence-corrected chi connectivity index (χ1v) is 6.80. The molecule has 4 nitrogen and oxygen atoms in total. The van der Waals surface area contributed by atoms with E-state index < -0.39 is 5.97 Å². The number of aromatic nitrogens is 1. The van der Waals surface area contributed by atoms with Crippen LogP contribution in [0.4, 0.5) is 0 Å². The van der Waals surface area contributed by atoms with Gasteiger partial charge in [-0.25, -0.2) is 9.78 Å². The average molecular weight is 277 g/mol. The number of aryl methyl sites for hydroxylation is 1. The number of nitrogens with zero attached hydrogens (tertiary/aromatic N) is 1. The Morgan fingerprint density at radius 2 is 2.26 bits per heavy atom. The topological polar surface area (TPSA) is 59.4 Å². The third-order valence-electron chi connectivity index (χ3n) is 2.76. The van der Waals surface area contributed by atoms with Gasteiger partial charge >= 0.3 is 5.97 Å². The van der Waals surface area contributed by atoms with Gasteiger partial charge in [-0.15, -0.1) is 11.3 Å². The standard InChI is InChI=1S/C14H15NO3S/c1-3-11-13(14(16)17)19-12(15-11)8-9-5-4-6-10(7-9)18-2/h4-7H,3,8H2,1-2H3,(H,16,17). The number of ether oxygens (including phenoxy) is 1. The van der Waals surface area contributed by atoms with E-state index in [0.29, 0.717) is 23.4 Å². The lowest BCUT2D eigenvalue weighted by atomic mass is 10.1. The van der Waals surface area contributed by atoms with Crippen molar-refractivity contribution in [3.8, 4) is 5.75 Å². The lowest BCUT2D eigenvalue weighted by Gasteiger charge is -2.02. The fraction of sp³-hybridized carbons (Fsp3) is 0.286. The van der Waals surface area contributed by atoms with E-state index in [-0.39, 0.29) is 0 Å². The monoisotopic (exact) mass is 277 g/mol. The zero-order valence-electron chi connectivity index (χ0n) is 10.8. The molecule has 0 unspecified atom stereocenters. The van der Waals surface area contributed by atoms with E-state index in [9.17, 15) is 4.79 Å². The molecular formula is C14H15NO3S. The molecule has 0 aliphatic heterocycles. The quantitative estimate of drug-likeness (QED) is 0.912. The fourth-order valence-electron chi connectivity index (χ4n) is 1.84. The maximum atomic E-state index is 11.1. The highest BCUT2D eigenvalue weighted by atomic mass is 32.1.